The highest BCUT2D eigenvalue weighted by molar-refractivity contribution is 6.99. The van der Waals surface area contributed by atoms with Crippen molar-refractivity contribution in [3.05, 3.63) is 12.2 Å². The molecule has 1 aromatic heterocycles. The molecule has 0 radical (unpaired) electrons. The van der Waals surface area contributed by atoms with E-state index < -0.39 is 0 Å². The highest BCUT2D eigenvalue weighted by Gasteiger charge is 2.40. The van der Waals surface area contributed by atoms with E-state index in [2.05, 4.69) is 13.6 Å². The number of fused-ring (bicyclic) bond motifs is 2. The molecule has 5 nitrogen and oxygen atoms in total. The second-order valence-electron chi connectivity index (χ2n) is 4.72. The largest absolute Gasteiger partial charge is 0.469 e. The van der Waals surface area contributed by atoms with Crippen LogP contribution in [0, 0.1) is 5.92 Å². The third kappa shape index (κ3) is 2.35. The van der Waals surface area contributed by atoms with E-state index in [1.54, 1.807) is 0 Å². The lowest BCUT2D eigenvalue weighted by molar-refractivity contribution is 0.130. The minimum Gasteiger partial charge on any atom is -0.469 e. The van der Waals surface area contributed by atoms with Gasteiger partial charge in [-0.3, -0.25) is 4.90 Å². The van der Waals surface area contributed by atoms with Crippen LogP contribution >= 0.6 is 11.7 Å². The number of nitrogens with zero attached hydrogens (tertiary/aromatic N) is 3. The molecule has 2 saturated heterocycles. The van der Waals surface area contributed by atoms with Crippen LogP contribution in [0.1, 0.15) is 13.3 Å². The van der Waals surface area contributed by atoms with E-state index in [1.165, 1.54) is 13.0 Å². The van der Waals surface area contributed by atoms with Crippen molar-refractivity contribution in [2.24, 2.45) is 5.92 Å². The van der Waals surface area contributed by atoms with Gasteiger partial charge in [-0.1, -0.05) is 12.2 Å². The molecule has 2 aliphatic rings. The third-order valence-electron chi connectivity index (χ3n) is 3.52. The van der Waals surface area contributed by atoms with Crippen LogP contribution in [0.3, 0.4) is 0 Å². The summed E-state index contributed by atoms with van der Waals surface area (Å²) in [5.41, 5.74) is 0. The van der Waals surface area contributed by atoms with E-state index in [1.807, 2.05) is 19.1 Å². The van der Waals surface area contributed by atoms with Crippen LogP contribution in [0.5, 0.6) is 11.8 Å². The second kappa shape index (κ2) is 5.24. The molecule has 2 fully saturated rings. The predicted molar refractivity (Wildman–Crippen MR) is 69.2 cm³/mol. The maximum absolute atomic E-state index is 5.96. The first-order valence-electron chi connectivity index (χ1n) is 6.32. The van der Waals surface area contributed by atoms with Crippen molar-refractivity contribution in [3.8, 4) is 11.8 Å². The fourth-order valence-electron chi connectivity index (χ4n) is 2.57. The first-order valence-corrected chi connectivity index (χ1v) is 7.05. The predicted octanol–water partition coefficient (Wildman–Crippen LogP) is 1.58. The summed E-state index contributed by atoms with van der Waals surface area (Å²) in [6.45, 7) is 5.86. The van der Waals surface area contributed by atoms with Gasteiger partial charge in [0, 0.05) is 19.0 Å². The lowest BCUT2D eigenvalue weighted by atomic mass is 10.0. The van der Waals surface area contributed by atoms with Gasteiger partial charge in [-0.15, -0.1) is 8.75 Å². The topological polar surface area (TPSA) is 47.5 Å². The van der Waals surface area contributed by atoms with E-state index >= 15 is 0 Å². The molecule has 98 valence electrons. The zero-order valence-corrected chi connectivity index (χ0v) is 11.2. The summed E-state index contributed by atoms with van der Waals surface area (Å²) < 4.78 is 19.8. The molecule has 2 aliphatic heterocycles. The molecule has 3 unspecified atom stereocenters. The fourth-order valence-corrected chi connectivity index (χ4v) is 3.01. The summed E-state index contributed by atoms with van der Waals surface area (Å²) >= 11 is 1.14. The Kier molecular flexibility index (Phi) is 3.47. The van der Waals surface area contributed by atoms with Gasteiger partial charge in [0.1, 0.15) is 12.7 Å². The minimum absolute atomic E-state index is 0.256. The average Bonchev–Trinajstić information content (AvgIpc) is 3.07. The molecule has 0 spiro atoms. The van der Waals surface area contributed by atoms with Gasteiger partial charge in [0.15, 0.2) is 0 Å². The summed E-state index contributed by atoms with van der Waals surface area (Å²) in [7, 11) is 0. The van der Waals surface area contributed by atoms with E-state index in [0.29, 0.717) is 24.3 Å². The summed E-state index contributed by atoms with van der Waals surface area (Å²) in [5, 5.41) is 0. The fraction of sp³-hybridized carbons (Fsp3) is 0.667. The standard InChI is InChI=1S/C12H17N3O2S/c1-2-3-6-16-11-12(14-18-13-11)17-10-8-15-5-4-9(10)7-15/h2-3,9-10H,4-8H2,1H3. The van der Waals surface area contributed by atoms with Crippen LogP contribution in [0.4, 0.5) is 0 Å². The third-order valence-corrected chi connectivity index (χ3v) is 4.01. The quantitative estimate of drug-likeness (QED) is 0.758. The molecule has 0 aliphatic carbocycles. The minimum atomic E-state index is 0.256. The number of rotatable bonds is 5. The summed E-state index contributed by atoms with van der Waals surface area (Å²) in [5.74, 6) is 1.73. The first kappa shape index (κ1) is 11.9. The number of hydrogen-bond acceptors (Lipinski definition) is 6. The molecular formula is C12H17N3O2S. The zero-order valence-electron chi connectivity index (χ0n) is 10.4. The van der Waals surface area contributed by atoms with Gasteiger partial charge in [0.2, 0.25) is 0 Å². The van der Waals surface area contributed by atoms with Gasteiger partial charge in [-0.25, -0.2) is 0 Å². The number of piperidine rings is 1. The molecule has 2 bridgehead atoms. The summed E-state index contributed by atoms with van der Waals surface area (Å²) in [6.07, 6.45) is 5.37. The van der Waals surface area contributed by atoms with Crippen molar-refractivity contribution in [2.45, 2.75) is 19.4 Å². The lowest BCUT2D eigenvalue weighted by Gasteiger charge is -2.22. The molecular weight excluding hydrogens is 250 g/mol. The van der Waals surface area contributed by atoms with Gasteiger partial charge < -0.3 is 9.47 Å². The van der Waals surface area contributed by atoms with Gasteiger partial charge in [0.25, 0.3) is 11.8 Å². The lowest BCUT2D eigenvalue weighted by Crippen LogP contribution is -2.32. The smallest absolute Gasteiger partial charge is 0.291 e. The number of ether oxygens (including phenoxy) is 2. The number of allylic oxidation sites excluding steroid dienone is 1. The van der Waals surface area contributed by atoms with Gasteiger partial charge in [0.05, 0.1) is 11.7 Å². The van der Waals surface area contributed by atoms with Crippen LogP contribution in [0.15, 0.2) is 12.2 Å². The van der Waals surface area contributed by atoms with Gasteiger partial charge in [-0.05, 0) is 19.9 Å². The van der Waals surface area contributed by atoms with Crippen LogP contribution in [0.25, 0.3) is 0 Å². The highest BCUT2D eigenvalue weighted by Crippen LogP contribution is 2.33. The Hall–Kier alpha value is -1.14. The number of aromatic nitrogens is 2. The van der Waals surface area contributed by atoms with Crippen molar-refractivity contribution in [3.63, 3.8) is 0 Å². The first-order chi connectivity index (χ1) is 8.86. The molecule has 0 aromatic carbocycles. The molecule has 3 rings (SSSR count). The van der Waals surface area contributed by atoms with E-state index in [-0.39, 0.29) is 6.10 Å². The molecule has 0 amide bonds. The van der Waals surface area contributed by atoms with Crippen molar-refractivity contribution in [1.82, 2.24) is 13.6 Å². The normalized spacial score (nSPS) is 30.2. The molecule has 3 atom stereocenters. The van der Waals surface area contributed by atoms with Gasteiger partial charge in [-0.2, -0.15) is 0 Å². The van der Waals surface area contributed by atoms with Gasteiger partial charge >= 0.3 is 0 Å². The van der Waals surface area contributed by atoms with E-state index in [4.69, 9.17) is 9.47 Å². The Morgan fingerprint density at radius 3 is 3.00 bits per heavy atom. The molecule has 18 heavy (non-hydrogen) atoms. The molecule has 1 aromatic rings. The average molecular weight is 267 g/mol. The van der Waals surface area contributed by atoms with Crippen molar-refractivity contribution >= 4 is 11.7 Å². The monoisotopic (exact) mass is 267 g/mol. The van der Waals surface area contributed by atoms with Crippen LogP contribution in [-0.4, -0.2) is 46.0 Å². The zero-order chi connectivity index (χ0) is 12.4. The molecule has 0 N–H and O–H groups in total. The number of hydrogen-bond donors (Lipinski definition) is 0. The van der Waals surface area contributed by atoms with Crippen LogP contribution in [-0.2, 0) is 0 Å². The maximum Gasteiger partial charge on any atom is 0.291 e. The molecule has 0 saturated carbocycles. The van der Waals surface area contributed by atoms with E-state index in [0.717, 1.165) is 24.8 Å². The molecule has 6 heteroatoms. The second-order valence-corrected chi connectivity index (χ2v) is 5.25. The van der Waals surface area contributed by atoms with Crippen molar-refractivity contribution in [1.29, 1.82) is 0 Å². The summed E-state index contributed by atoms with van der Waals surface area (Å²) in [6, 6.07) is 0. The Labute approximate surface area is 111 Å². The van der Waals surface area contributed by atoms with Crippen molar-refractivity contribution < 1.29 is 9.47 Å². The van der Waals surface area contributed by atoms with E-state index in [9.17, 15) is 0 Å². The van der Waals surface area contributed by atoms with Crippen LogP contribution in [0.2, 0.25) is 0 Å². The SMILES string of the molecule is CC=CCOc1nsnc1OC1CN2CCC1C2. The maximum atomic E-state index is 5.96. The Balaban J connectivity index is 1.60. The van der Waals surface area contributed by atoms with Crippen molar-refractivity contribution in [2.75, 3.05) is 26.2 Å². The van der Waals surface area contributed by atoms with Crippen LogP contribution < -0.4 is 9.47 Å². The Bertz CT molecular complexity index is 435. The molecule has 3 heterocycles. The highest BCUT2D eigenvalue weighted by atomic mass is 32.1. The summed E-state index contributed by atoms with van der Waals surface area (Å²) in [4.78, 5) is 2.44. The Morgan fingerprint density at radius 1 is 1.39 bits per heavy atom. The Morgan fingerprint density at radius 2 is 2.28 bits per heavy atom.